The highest BCUT2D eigenvalue weighted by Gasteiger charge is 2.37. The molecule has 2 aliphatic rings. The first-order valence-electron chi connectivity index (χ1n) is 8.42. The smallest absolute Gasteiger partial charge is 0.264 e. The van der Waals surface area contributed by atoms with E-state index in [0.717, 1.165) is 49.5 Å². The molecule has 0 saturated carbocycles. The number of carbonyl (C=O) groups is 1. The lowest BCUT2D eigenvalue weighted by atomic mass is 10.0. The molecule has 0 bridgehead atoms. The lowest BCUT2D eigenvalue weighted by Gasteiger charge is -2.33. The summed E-state index contributed by atoms with van der Waals surface area (Å²) in [5.74, 6) is 0.263. The fourth-order valence-corrected chi connectivity index (χ4v) is 4.79. The number of thiophene rings is 1. The van der Waals surface area contributed by atoms with Crippen LogP contribution in [0.15, 0.2) is 24.3 Å². The lowest BCUT2D eigenvalue weighted by Crippen LogP contribution is -2.47. The van der Waals surface area contributed by atoms with Gasteiger partial charge < -0.3 is 9.64 Å². The molecule has 4 nitrogen and oxygen atoms in total. The summed E-state index contributed by atoms with van der Waals surface area (Å²) in [7, 11) is 0. The van der Waals surface area contributed by atoms with Crippen molar-refractivity contribution in [3.63, 3.8) is 0 Å². The number of rotatable bonds is 2. The molecule has 2 saturated heterocycles. The van der Waals surface area contributed by atoms with E-state index in [-0.39, 0.29) is 11.7 Å². The van der Waals surface area contributed by atoms with Crippen LogP contribution in [0.2, 0.25) is 0 Å². The van der Waals surface area contributed by atoms with Crippen LogP contribution in [0.4, 0.5) is 4.39 Å². The minimum absolute atomic E-state index is 0.0687. The summed E-state index contributed by atoms with van der Waals surface area (Å²) >= 11 is 1.45. The van der Waals surface area contributed by atoms with Gasteiger partial charge in [-0.2, -0.15) is 0 Å². The number of likely N-dealkylation sites (tertiary alicyclic amines) is 1. The summed E-state index contributed by atoms with van der Waals surface area (Å²) in [5.41, 5.74) is 0. The number of halogens is 1. The predicted molar refractivity (Wildman–Crippen MR) is 93.0 cm³/mol. The third-order valence-electron chi connectivity index (χ3n) is 5.06. The summed E-state index contributed by atoms with van der Waals surface area (Å²) in [6, 6.07) is 6.91. The van der Waals surface area contributed by atoms with E-state index in [4.69, 9.17) is 4.74 Å². The Morgan fingerprint density at radius 1 is 1.25 bits per heavy atom. The van der Waals surface area contributed by atoms with E-state index < -0.39 is 0 Å². The highest BCUT2D eigenvalue weighted by Crippen LogP contribution is 2.30. The Morgan fingerprint density at radius 2 is 2.04 bits per heavy atom. The Kier molecular flexibility index (Phi) is 4.28. The molecule has 2 fully saturated rings. The summed E-state index contributed by atoms with van der Waals surface area (Å²) in [6.45, 7) is 7.20. The van der Waals surface area contributed by atoms with Crippen LogP contribution in [0, 0.1) is 11.7 Å². The van der Waals surface area contributed by atoms with Gasteiger partial charge in [0.05, 0.1) is 18.1 Å². The molecule has 128 valence electrons. The molecule has 0 unspecified atom stereocenters. The van der Waals surface area contributed by atoms with Gasteiger partial charge in [0, 0.05) is 36.9 Å². The summed E-state index contributed by atoms with van der Waals surface area (Å²) in [6.07, 6.45) is 0. The summed E-state index contributed by atoms with van der Waals surface area (Å²) in [4.78, 5) is 18.0. The van der Waals surface area contributed by atoms with Crippen LogP contribution in [0.25, 0.3) is 10.1 Å². The molecule has 0 radical (unpaired) electrons. The number of amides is 1. The van der Waals surface area contributed by atoms with Gasteiger partial charge in [-0.3, -0.25) is 9.69 Å². The maximum Gasteiger partial charge on any atom is 0.264 e. The Bertz CT molecular complexity index is 757. The van der Waals surface area contributed by atoms with Crippen molar-refractivity contribution in [2.45, 2.75) is 13.0 Å². The number of fused-ring (bicyclic) bond motifs is 1. The lowest BCUT2D eigenvalue weighted by molar-refractivity contribution is 0.0119. The molecule has 2 aliphatic heterocycles. The maximum atomic E-state index is 13.3. The van der Waals surface area contributed by atoms with Crippen LogP contribution in [-0.2, 0) is 4.74 Å². The maximum absolute atomic E-state index is 13.3. The van der Waals surface area contributed by atoms with Gasteiger partial charge in [-0.1, -0.05) is 6.92 Å². The second-order valence-corrected chi connectivity index (χ2v) is 7.78. The third kappa shape index (κ3) is 2.94. The van der Waals surface area contributed by atoms with Gasteiger partial charge in [0.2, 0.25) is 0 Å². The van der Waals surface area contributed by atoms with Crippen LogP contribution in [0.3, 0.4) is 0 Å². The van der Waals surface area contributed by atoms with Crippen molar-refractivity contribution >= 4 is 27.3 Å². The first-order chi connectivity index (χ1) is 11.6. The van der Waals surface area contributed by atoms with Gasteiger partial charge >= 0.3 is 0 Å². The van der Waals surface area contributed by atoms with Crippen molar-refractivity contribution < 1.29 is 13.9 Å². The minimum Gasteiger partial charge on any atom is -0.379 e. The number of morpholine rings is 1. The molecule has 6 heteroatoms. The number of carbonyl (C=O) groups excluding carboxylic acids is 1. The quantitative estimate of drug-likeness (QED) is 0.837. The van der Waals surface area contributed by atoms with E-state index in [1.165, 1.54) is 23.5 Å². The van der Waals surface area contributed by atoms with E-state index in [0.29, 0.717) is 16.8 Å². The zero-order chi connectivity index (χ0) is 16.7. The van der Waals surface area contributed by atoms with Crippen molar-refractivity contribution in [3.05, 3.63) is 35.0 Å². The second-order valence-electron chi connectivity index (χ2n) is 6.70. The van der Waals surface area contributed by atoms with Crippen LogP contribution in [-0.4, -0.2) is 61.1 Å². The van der Waals surface area contributed by atoms with Gasteiger partial charge in [-0.05, 0) is 35.6 Å². The van der Waals surface area contributed by atoms with Gasteiger partial charge in [0.15, 0.2) is 0 Å². The first-order valence-corrected chi connectivity index (χ1v) is 9.23. The molecule has 4 rings (SSSR count). The zero-order valence-electron chi connectivity index (χ0n) is 13.7. The number of benzene rings is 1. The van der Waals surface area contributed by atoms with Gasteiger partial charge in [0.25, 0.3) is 5.91 Å². The topological polar surface area (TPSA) is 32.8 Å². The molecule has 1 aromatic heterocycles. The predicted octanol–water partition coefficient (Wildman–Crippen LogP) is 2.83. The van der Waals surface area contributed by atoms with Gasteiger partial charge in [-0.25, -0.2) is 4.39 Å². The van der Waals surface area contributed by atoms with Crippen LogP contribution in [0.1, 0.15) is 16.6 Å². The fraction of sp³-hybridized carbons (Fsp3) is 0.500. The first kappa shape index (κ1) is 16.0. The molecule has 2 atom stereocenters. The van der Waals surface area contributed by atoms with E-state index in [2.05, 4.69) is 11.8 Å². The van der Waals surface area contributed by atoms with Crippen molar-refractivity contribution in [3.8, 4) is 0 Å². The third-order valence-corrected chi connectivity index (χ3v) is 6.17. The molecular formula is C18H21FN2O2S. The standard InChI is InChI=1S/C18H21FN2O2S/c1-12-10-21(11-15(12)20-4-6-23-7-5-20)18(22)17-9-13-8-14(19)2-3-16(13)24-17/h2-3,8-9,12,15H,4-7,10-11H2,1H3/t12-,15-/m0/s1. The molecule has 0 spiro atoms. The zero-order valence-corrected chi connectivity index (χ0v) is 14.5. The van der Waals surface area contributed by atoms with Crippen LogP contribution >= 0.6 is 11.3 Å². The molecule has 24 heavy (non-hydrogen) atoms. The minimum atomic E-state index is -0.263. The second kappa shape index (κ2) is 6.43. The number of hydrogen-bond acceptors (Lipinski definition) is 4. The van der Waals surface area contributed by atoms with Gasteiger partial charge in [-0.15, -0.1) is 11.3 Å². The summed E-state index contributed by atoms with van der Waals surface area (Å²) < 4.78 is 19.7. The van der Waals surface area contributed by atoms with E-state index in [9.17, 15) is 9.18 Å². The normalized spacial score (nSPS) is 25.5. The van der Waals surface area contributed by atoms with Crippen molar-refractivity contribution in [2.75, 3.05) is 39.4 Å². The van der Waals surface area contributed by atoms with Crippen molar-refractivity contribution in [1.82, 2.24) is 9.80 Å². The molecular weight excluding hydrogens is 327 g/mol. The number of hydrogen-bond donors (Lipinski definition) is 0. The monoisotopic (exact) mass is 348 g/mol. The molecule has 1 aromatic carbocycles. The molecule has 0 aliphatic carbocycles. The SMILES string of the molecule is C[C@H]1CN(C(=O)c2cc3cc(F)ccc3s2)C[C@@H]1N1CCOCC1. The average Bonchev–Trinajstić information content (AvgIpc) is 3.18. The Morgan fingerprint density at radius 3 is 2.83 bits per heavy atom. The molecule has 3 heterocycles. The Balaban J connectivity index is 1.51. The van der Waals surface area contributed by atoms with Crippen molar-refractivity contribution in [1.29, 1.82) is 0 Å². The largest absolute Gasteiger partial charge is 0.379 e. The number of ether oxygens (including phenoxy) is 1. The highest BCUT2D eigenvalue weighted by atomic mass is 32.1. The summed E-state index contributed by atoms with van der Waals surface area (Å²) in [5, 5.41) is 0.806. The Labute approximate surface area is 144 Å². The highest BCUT2D eigenvalue weighted by molar-refractivity contribution is 7.20. The average molecular weight is 348 g/mol. The van der Waals surface area contributed by atoms with Crippen LogP contribution in [0.5, 0.6) is 0 Å². The molecule has 2 aromatic rings. The molecule has 0 N–H and O–H groups in total. The number of nitrogens with zero attached hydrogens (tertiary/aromatic N) is 2. The van der Waals surface area contributed by atoms with Crippen molar-refractivity contribution in [2.24, 2.45) is 5.92 Å². The fourth-order valence-electron chi connectivity index (χ4n) is 3.78. The van der Waals surface area contributed by atoms with Crippen LogP contribution < -0.4 is 0 Å². The van der Waals surface area contributed by atoms with E-state index >= 15 is 0 Å². The van der Waals surface area contributed by atoms with E-state index in [1.54, 1.807) is 6.07 Å². The van der Waals surface area contributed by atoms with Gasteiger partial charge in [0.1, 0.15) is 5.82 Å². The van der Waals surface area contributed by atoms with E-state index in [1.807, 2.05) is 11.0 Å². The Hall–Kier alpha value is -1.50. The molecule has 1 amide bonds.